The molecule has 4 rings (SSSR count). The molecule has 0 atom stereocenters. The molecule has 28 heavy (non-hydrogen) atoms. The summed E-state index contributed by atoms with van der Waals surface area (Å²) < 4.78 is 46.1. The number of halogens is 4. The molecule has 2 nitrogen and oxygen atoms in total. The zero-order valence-electron chi connectivity index (χ0n) is 14.6. The van der Waals surface area contributed by atoms with Crippen LogP contribution in [0.3, 0.4) is 0 Å². The summed E-state index contributed by atoms with van der Waals surface area (Å²) in [5.41, 5.74) is 1.42. The van der Waals surface area contributed by atoms with Crippen LogP contribution in [0, 0.1) is 0 Å². The number of benzene rings is 3. The molecule has 0 fully saturated rings. The van der Waals surface area contributed by atoms with Crippen LogP contribution in [-0.4, -0.2) is 4.57 Å². The van der Waals surface area contributed by atoms with Gasteiger partial charge in [-0.3, -0.25) is 0 Å². The van der Waals surface area contributed by atoms with Crippen LogP contribution in [0.25, 0.3) is 10.9 Å². The summed E-state index contributed by atoms with van der Waals surface area (Å²) in [5.74, 6) is 0.685. The van der Waals surface area contributed by atoms with Gasteiger partial charge in [0.25, 0.3) is 0 Å². The Labute approximate surface area is 164 Å². The number of rotatable bonds is 4. The summed E-state index contributed by atoms with van der Waals surface area (Å²) in [6, 6.07) is 20.7. The van der Waals surface area contributed by atoms with E-state index in [9.17, 15) is 13.2 Å². The Bertz CT molecular complexity index is 1120. The van der Waals surface area contributed by atoms with Crippen molar-refractivity contribution in [2.75, 3.05) is 0 Å². The van der Waals surface area contributed by atoms with Crippen LogP contribution in [0.1, 0.15) is 11.1 Å². The van der Waals surface area contributed by atoms with Crippen molar-refractivity contribution in [1.82, 2.24) is 4.57 Å². The molecular weight excluding hydrogens is 387 g/mol. The molecule has 0 bridgehead atoms. The summed E-state index contributed by atoms with van der Waals surface area (Å²) in [6.07, 6.45) is -2.45. The lowest BCUT2D eigenvalue weighted by Crippen LogP contribution is -2.04. The molecular formula is C22H15ClF3NO. The van der Waals surface area contributed by atoms with Gasteiger partial charge in [-0.05, 0) is 48.0 Å². The first-order valence-corrected chi connectivity index (χ1v) is 8.95. The molecule has 0 radical (unpaired) electrons. The highest BCUT2D eigenvalue weighted by molar-refractivity contribution is 6.32. The predicted octanol–water partition coefficient (Wildman–Crippen LogP) is 7.15. The average Bonchev–Trinajstić information content (AvgIpc) is 3.05. The maximum atomic E-state index is 12.8. The van der Waals surface area contributed by atoms with E-state index < -0.39 is 11.7 Å². The van der Waals surface area contributed by atoms with Crippen molar-refractivity contribution in [2.24, 2.45) is 0 Å². The molecule has 1 heterocycles. The van der Waals surface area contributed by atoms with Crippen molar-refractivity contribution in [2.45, 2.75) is 12.7 Å². The van der Waals surface area contributed by atoms with Gasteiger partial charge < -0.3 is 9.30 Å². The second-order valence-electron chi connectivity index (χ2n) is 6.39. The van der Waals surface area contributed by atoms with Crippen LogP contribution in [0.2, 0.25) is 5.02 Å². The van der Waals surface area contributed by atoms with Crippen molar-refractivity contribution >= 4 is 22.5 Å². The van der Waals surface area contributed by atoms with Gasteiger partial charge in [0.1, 0.15) is 11.5 Å². The second kappa shape index (κ2) is 7.24. The summed E-state index contributed by atoms with van der Waals surface area (Å²) in [6.45, 7) is 0.745. The van der Waals surface area contributed by atoms with E-state index in [0.717, 1.165) is 29.6 Å². The predicted molar refractivity (Wildman–Crippen MR) is 104 cm³/mol. The van der Waals surface area contributed by atoms with E-state index in [0.29, 0.717) is 5.75 Å². The number of aromatic nitrogens is 1. The normalized spacial score (nSPS) is 11.7. The summed E-state index contributed by atoms with van der Waals surface area (Å²) in [5, 5.41) is 0.882. The smallest absolute Gasteiger partial charge is 0.416 e. The minimum atomic E-state index is -4.44. The van der Waals surface area contributed by atoms with Crippen LogP contribution >= 0.6 is 11.6 Å². The third-order valence-corrected chi connectivity index (χ3v) is 4.72. The fraction of sp³-hybridized carbons (Fsp3) is 0.0909. The topological polar surface area (TPSA) is 14.2 Å². The maximum absolute atomic E-state index is 12.8. The van der Waals surface area contributed by atoms with Crippen LogP contribution < -0.4 is 4.74 Å². The van der Waals surface area contributed by atoms with Crippen molar-refractivity contribution in [1.29, 1.82) is 0 Å². The number of hydrogen-bond acceptors (Lipinski definition) is 1. The van der Waals surface area contributed by atoms with Gasteiger partial charge in [-0.25, -0.2) is 0 Å². The fourth-order valence-corrected chi connectivity index (χ4v) is 3.27. The lowest BCUT2D eigenvalue weighted by Gasteiger charge is -2.11. The SMILES string of the molecule is FC(F)(F)c1ccc(Oc2ccc3c(ccn3Cc3ccccc3)c2)c(Cl)c1. The van der Waals surface area contributed by atoms with Gasteiger partial charge in [-0.15, -0.1) is 0 Å². The molecule has 0 saturated heterocycles. The number of hydrogen-bond donors (Lipinski definition) is 0. The first-order valence-electron chi connectivity index (χ1n) is 8.57. The Kier molecular flexibility index (Phi) is 4.77. The first kappa shape index (κ1) is 18.4. The molecule has 0 aliphatic carbocycles. The van der Waals surface area contributed by atoms with E-state index in [1.807, 2.05) is 42.6 Å². The second-order valence-corrected chi connectivity index (χ2v) is 6.80. The van der Waals surface area contributed by atoms with E-state index in [2.05, 4.69) is 16.7 Å². The highest BCUT2D eigenvalue weighted by Gasteiger charge is 2.31. The first-order chi connectivity index (χ1) is 13.4. The highest BCUT2D eigenvalue weighted by atomic mass is 35.5. The van der Waals surface area contributed by atoms with E-state index >= 15 is 0 Å². The third kappa shape index (κ3) is 3.85. The summed E-state index contributed by atoms with van der Waals surface area (Å²) in [7, 11) is 0. The average molecular weight is 402 g/mol. The maximum Gasteiger partial charge on any atom is 0.416 e. The van der Waals surface area contributed by atoms with Crippen molar-refractivity contribution in [3.63, 3.8) is 0 Å². The molecule has 0 saturated carbocycles. The lowest BCUT2D eigenvalue weighted by atomic mass is 10.2. The van der Waals surface area contributed by atoms with Gasteiger partial charge >= 0.3 is 6.18 Å². The van der Waals surface area contributed by atoms with Gasteiger partial charge in [0, 0.05) is 23.6 Å². The number of nitrogens with zero attached hydrogens (tertiary/aromatic N) is 1. The Morgan fingerprint density at radius 3 is 2.39 bits per heavy atom. The van der Waals surface area contributed by atoms with E-state index in [1.165, 1.54) is 11.6 Å². The molecule has 0 N–H and O–H groups in total. The molecule has 0 aliphatic heterocycles. The monoisotopic (exact) mass is 401 g/mol. The Balaban J connectivity index is 1.57. The summed E-state index contributed by atoms with van der Waals surface area (Å²) in [4.78, 5) is 0. The molecule has 0 amide bonds. The molecule has 0 spiro atoms. The lowest BCUT2D eigenvalue weighted by molar-refractivity contribution is -0.137. The standard InChI is InChI=1S/C22H15ClF3NO/c23-19-13-17(22(24,25)26)6-9-21(19)28-18-7-8-20-16(12-18)10-11-27(20)14-15-4-2-1-3-5-15/h1-13H,14H2. The van der Waals surface area contributed by atoms with E-state index in [-0.39, 0.29) is 10.8 Å². The molecule has 6 heteroatoms. The zero-order valence-corrected chi connectivity index (χ0v) is 15.3. The van der Waals surface area contributed by atoms with Gasteiger partial charge in [-0.1, -0.05) is 41.9 Å². The zero-order chi connectivity index (χ0) is 19.7. The molecule has 4 aromatic rings. The van der Waals surface area contributed by atoms with Gasteiger partial charge in [-0.2, -0.15) is 13.2 Å². The third-order valence-electron chi connectivity index (χ3n) is 4.43. The number of alkyl halides is 3. The van der Waals surface area contributed by atoms with Crippen LogP contribution in [0.4, 0.5) is 13.2 Å². The Morgan fingerprint density at radius 2 is 1.68 bits per heavy atom. The van der Waals surface area contributed by atoms with Crippen molar-refractivity contribution in [3.05, 3.63) is 95.1 Å². The van der Waals surface area contributed by atoms with Crippen molar-refractivity contribution < 1.29 is 17.9 Å². The summed E-state index contributed by atoms with van der Waals surface area (Å²) >= 11 is 5.97. The quantitative estimate of drug-likeness (QED) is 0.354. The minimum Gasteiger partial charge on any atom is -0.456 e. The molecule has 0 unspecified atom stereocenters. The van der Waals surface area contributed by atoms with Crippen LogP contribution in [0.5, 0.6) is 11.5 Å². The van der Waals surface area contributed by atoms with E-state index in [1.54, 1.807) is 6.07 Å². The van der Waals surface area contributed by atoms with Gasteiger partial charge in [0.2, 0.25) is 0 Å². The fourth-order valence-electron chi connectivity index (χ4n) is 3.05. The molecule has 3 aromatic carbocycles. The van der Waals surface area contributed by atoms with Crippen LogP contribution in [-0.2, 0) is 12.7 Å². The van der Waals surface area contributed by atoms with Crippen molar-refractivity contribution in [3.8, 4) is 11.5 Å². The molecule has 142 valence electrons. The highest BCUT2D eigenvalue weighted by Crippen LogP contribution is 2.37. The van der Waals surface area contributed by atoms with Gasteiger partial charge in [0.15, 0.2) is 0 Å². The van der Waals surface area contributed by atoms with Gasteiger partial charge in [0.05, 0.1) is 10.6 Å². The van der Waals surface area contributed by atoms with Crippen LogP contribution in [0.15, 0.2) is 79.0 Å². The number of ether oxygens (including phenoxy) is 1. The number of fused-ring (bicyclic) bond motifs is 1. The van der Waals surface area contributed by atoms with E-state index in [4.69, 9.17) is 16.3 Å². The Morgan fingerprint density at radius 1 is 0.893 bits per heavy atom. The largest absolute Gasteiger partial charge is 0.456 e. The molecule has 0 aliphatic rings. The minimum absolute atomic E-state index is 0.0865. The Hall–Kier alpha value is -2.92. The molecule has 1 aromatic heterocycles.